The van der Waals surface area contributed by atoms with Crippen LogP contribution in [0.5, 0.6) is 0 Å². The van der Waals surface area contributed by atoms with E-state index in [1.165, 1.54) is 0 Å². The number of hydrogen-bond acceptors (Lipinski definition) is 2. The quantitative estimate of drug-likeness (QED) is 0.662. The molecule has 0 aliphatic rings. The summed E-state index contributed by atoms with van der Waals surface area (Å²) in [4.78, 5) is 17.7. The molecule has 1 aromatic heterocycles. The fourth-order valence-corrected chi connectivity index (χ4v) is 2.19. The summed E-state index contributed by atoms with van der Waals surface area (Å²) in [7, 11) is 3.94. The second kappa shape index (κ2) is 3.88. The first-order valence-corrected chi connectivity index (χ1v) is 5.89. The van der Waals surface area contributed by atoms with Crippen LogP contribution >= 0.6 is 0 Å². The lowest BCUT2D eigenvalue weighted by atomic mass is 10.1. The highest BCUT2D eigenvalue weighted by Crippen LogP contribution is 2.19. The van der Waals surface area contributed by atoms with E-state index in [2.05, 4.69) is 4.98 Å². The molecule has 90 valence electrons. The fourth-order valence-electron chi connectivity index (χ4n) is 2.19. The van der Waals surface area contributed by atoms with E-state index in [9.17, 15) is 4.79 Å². The minimum absolute atomic E-state index is 0.0862. The van der Waals surface area contributed by atoms with Crippen molar-refractivity contribution in [2.45, 2.75) is 0 Å². The summed E-state index contributed by atoms with van der Waals surface area (Å²) in [5, 5.41) is 1.47. The Kier molecular flexibility index (Phi) is 2.33. The van der Waals surface area contributed by atoms with E-state index in [4.69, 9.17) is 0 Å². The van der Waals surface area contributed by atoms with Gasteiger partial charge in [0.15, 0.2) is 5.43 Å². The molecule has 0 atom stereocenters. The number of hydrogen-bond donors (Lipinski definition) is 1. The number of nitrogens with zero attached hydrogens (tertiary/aromatic N) is 1. The average molecular weight is 238 g/mol. The van der Waals surface area contributed by atoms with Gasteiger partial charge in [0, 0.05) is 41.6 Å². The Bertz CT molecular complexity index is 787. The molecule has 0 amide bonds. The van der Waals surface area contributed by atoms with Crippen molar-refractivity contribution in [3.8, 4) is 0 Å². The number of para-hydroxylation sites is 1. The molecule has 0 saturated heterocycles. The molecule has 0 fully saturated rings. The van der Waals surface area contributed by atoms with Crippen molar-refractivity contribution >= 4 is 27.5 Å². The standard InChI is InChI=1S/C15H14N2O/c1-17(2)10-7-8-14-12(9-10)15(18)11-5-3-4-6-13(11)16-14/h3-9H,1-2H3,(H,16,18). The number of anilines is 1. The van der Waals surface area contributed by atoms with E-state index in [0.29, 0.717) is 0 Å². The molecule has 1 N–H and O–H groups in total. The molecule has 0 aliphatic carbocycles. The maximum Gasteiger partial charge on any atom is 0.197 e. The Morgan fingerprint density at radius 1 is 0.944 bits per heavy atom. The van der Waals surface area contributed by atoms with Crippen LogP contribution in [0.15, 0.2) is 47.3 Å². The summed E-state index contributed by atoms with van der Waals surface area (Å²) in [5.41, 5.74) is 2.88. The third-order valence-corrected chi connectivity index (χ3v) is 3.21. The van der Waals surface area contributed by atoms with Crippen LogP contribution < -0.4 is 10.3 Å². The van der Waals surface area contributed by atoms with Crippen LogP contribution in [0.2, 0.25) is 0 Å². The van der Waals surface area contributed by atoms with Crippen molar-refractivity contribution in [2.75, 3.05) is 19.0 Å². The Morgan fingerprint density at radius 2 is 1.67 bits per heavy atom. The second-order valence-electron chi connectivity index (χ2n) is 4.62. The number of H-pyrrole nitrogens is 1. The van der Waals surface area contributed by atoms with Crippen molar-refractivity contribution in [2.24, 2.45) is 0 Å². The highest BCUT2D eigenvalue weighted by atomic mass is 16.1. The van der Waals surface area contributed by atoms with Crippen molar-refractivity contribution in [3.05, 3.63) is 52.7 Å². The number of pyridine rings is 1. The SMILES string of the molecule is CN(C)c1ccc2[nH]c3ccccc3c(=O)c2c1. The lowest BCUT2D eigenvalue weighted by molar-refractivity contribution is 1.13. The van der Waals surface area contributed by atoms with Crippen LogP contribution in [0.1, 0.15) is 0 Å². The van der Waals surface area contributed by atoms with Crippen LogP contribution in [0.3, 0.4) is 0 Å². The summed E-state index contributed by atoms with van der Waals surface area (Å²) in [6.07, 6.45) is 0. The van der Waals surface area contributed by atoms with Gasteiger partial charge in [-0.1, -0.05) is 12.1 Å². The third kappa shape index (κ3) is 1.56. The van der Waals surface area contributed by atoms with Crippen LogP contribution in [0.4, 0.5) is 5.69 Å². The average Bonchev–Trinajstić information content (AvgIpc) is 2.38. The van der Waals surface area contributed by atoms with E-state index < -0.39 is 0 Å². The lowest BCUT2D eigenvalue weighted by Crippen LogP contribution is -2.10. The van der Waals surface area contributed by atoms with Gasteiger partial charge in [0.25, 0.3) is 0 Å². The third-order valence-electron chi connectivity index (χ3n) is 3.21. The van der Waals surface area contributed by atoms with Gasteiger partial charge >= 0.3 is 0 Å². The predicted octanol–water partition coefficient (Wildman–Crippen LogP) is 2.75. The van der Waals surface area contributed by atoms with Gasteiger partial charge in [-0.25, -0.2) is 0 Å². The smallest absolute Gasteiger partial charge is 0.197 e. The Hall–Kier alpha value is -2.29. The molecule has 3 heteroatoms. The van der Waals surface area contributed by atoms with Crippen molar-refractivity contribution in [1.82, 2.24) is 4.98 Å². The minimum Gasteiger partial charge on any atom is -0.378 e. The molecule has 0 unspecified atom stereocenters. The molecular formula is C15H14N2O. The summed E-state index contributed by atoms with van der Waals surface area (Å²) in [6, 6.07) is 13.5. The molecule has 3 nitrogen and oxygen atoms in total. The molecule has 0 aliphatic heterocycles. The molecule has 3 aromatic rings. The Labute approximate surface area is 105 Å². The first-order chi connectivity index (χ1) is 8.66. The van der Waals surface area contributed by atoms with Crippen molar-refractivity contribution < 1.29 is 0 Å². The number of benzene rings is 2. The summed E-state index contributed by atoms with van der Waals surface area (Å²) in [5.74, 6) is 0. The molecule has 0 saturated carbocycles. The highest BCUT2D eigenvalue weighted by Gasteiger charge is 2.06. The lowest BCUT2D eigenvalue weighted by Gasteiger charge is -2.13. The maximum atomic E-state index is 12.4. The molecule has 1 heterocycles. The van der Waals surface area contributed by atoms with Gasteiger partial charge in [0.1, 0.15) is 0 Å². The van der Waals surface area contributed by atoms with Gasteiger partial charge in [-0.3, -0.25) is 4.79 Å². The highest BCUT2D eigenvalue weighted by molar-refractivity contribution is 5.93. The van der Waals surface area contributed by atoms with Crippen LogP contribution in [0, 0.1) is 0 Å². The topological polar surface area (TPSA) is 36.1 Å². The Balaban J connectivity index is 2.45. The van der Waals surface area contributed by atoms with E-state index in [0.717, 1.165) is 27.5 Å². The van der Waals surface area contributed by atoms with E-state index in [1.54, 1.807) is 0 Å². The van der Waals surface area contributed by atoms with Crippen LogP contribution in [-0.4, -0.2) is 19.1 Å². The molecule has 0 radical (unpaired) electrons. The summed E-state index contributed by atoms with van der Waals surface area (Å²) < 4.78 is 0. The molecule has 0 bridgehead atoms. The zero-order valence-electron chi connectivity index (χ0n) is 10.4. The monoisotopic (exact) mass is 238 g/mol. The summed E-state index contributed by atoms with van der Waals surface area (Å²) in [6.45, 7) is 0. The second-order valence-corrected chi connectivity index (χ2v) is 4.62. The molecular weight excluding hydrogens is 224 g/mol. The fraction of sp³-hybridized carbons (Fsp3) is 0.133. The van der Waals surface area contributed by atoms with E-state index >= 15 is 0 Å². The van der Waals surface area contributed by atoms with Crippen molar-refractivity contribution in [3.63, 3.8) is 0 Å². The normalized spacial score (nSPS) is 11.0. The maximum absolute atomic E-state index is 12.4. The molecule has 3 rings (SSSR count). The number of aromatic nitrogens is 1. The van der Waals surface area contributed by atoms with E-state index in [1.807, 2.05) is 61.5 Å². The number of nitrogens with one attached hydrogen (secondary N) is 1. The number of fused-ring (bicyclic) bond motifs is 2. The zero-order chi connectivity index (χ0) is 12.7. The molecule has 2 aromatic carbocycles. The first kappa shape index (κ1) is 10.8. The number of rotatable bonds is 1. The van der Waals surface area contributed by atoms with Gasteiger partial charge < -0.3 is 9.88 Å². The summed E-state index contributed by atoms with van der Waals surface area (Å²) >= 11 is 0. The molecule has 18 heavy (non-hydrogen) atoms. The minimum atomic E-state index is 0.0862. The Morgan fingerprint density at radius 3 is 2.44 bits per heavy atom. The van der Waals surface area contributed by atoms with Gasteiger partial charge in [0.2, 0.25) is 0 Å². The van der Waals surface area contributed by atoms with Gasteiger partial charge in [-0.15, -0.1) is 0 Å². The predicted molar refractivity (Wildman–Crippen MR) is 76.4 cm³/mol. The van der Waals surface area contributed by atoms with Gasteiger partial charge in [-0.05, 0) is 30.3 Å². The van der Waals surface area contributed by atoms with Crippen LogP contribution in [-0.2, 0) is 0 Å². The number of aromatic amines is 1. The molecule has 0 spiro atoms. The van der Waals surface area contributed by atoms with E-state index in [-0.39, 0.29) is 5.43 Å². The van der Waals surface area contributed by atoms with Gasteiger partial charge in [-0.2, -0.15) is 0 Å². The van der Waals surface area contributed by atoms with Crippen LogP contribution in [0.25, 0.3) is 21.8 Å². The zero-order valence-corrected chi connectivity index (χ0v) is 10.4. The van der Waals surface area contributed by atoms with Crippen molar-refractivity contribution in [1.29, 1.82) is 0 Å². The first-order valence-electron chi connectivity index (χ1n) is 5.89. The largest absolute Gasteiger partial charge is 0.378 e. The van der Waals surface area contributed by atoms with Gasteiger partial charge in [0.05, 0.1) is 0 Å².